The molecule has 2 rings (SSSR count). The van der Waals surface area contributed by atoms with E-state index in [1.54, 1.807) is 0 Å². The van der Waals surface area contributed by atoms with Crippen molar-refractivity contribution in [2.45, 2.75) is 45.6 Å². The third kappa shape index (κ3) is 3.16. The first-order valence-corrected chi connectivity index (χ1v) is 7.13. The Morgan fingerprint density at radius 3 is 2.79 bits per heavy atom. The second-order valence-corrected chi connectivity index (χ2v) is 6.10. The highest BCUT2D eigenvalue weighted by atomic mass is 16.1. The first-order valence-electron chi connectivity index (χ1n) is 7.13. The lowest BCUT2D eigenvalue weighted by Crippen LogP contribution is -2.41. The molecule has 1 aromatic carbocycles. The van der Waals surface area contributed by atoms with Crippen molar-refractivity contribution in [3.63, 3.8) is 0 Å². The van der Waals surface area contributed by atoms with Gasteiger partial charge in [0.15, 0.2) is 0 Å². The van der Waals surface area contributed by atoms with Crippen LogP contribution in [0, 0.1) is 5.41 Å². The van der Waals surface area contributed by atoms with Gasteiger partial charge in [0.25, 0.3) is 5.91 Å². The Morgan fingerprint density at radius 1 is 1.42 bits per heavy atom. The number of benzene rings is 1. The molecule has 0 aromatic heterocycles. The van der Waals surface area contributed by atoms with Gasteiger partial charge >= 0.3 is 0 Å². The van der Waals surface area contributed by atoms with Crippen LogP contribution in [0.4, 0.5) is 0 Å². The molecule has 19 heavy (non-hydrogen) atoms. The van der Waals surface area contributed by atoms with E-state index in [0.29, 0.717) is 6.54 Å². The van der Waals surface area contributed by atoms with Crippen molar-refractivity contribution in [2.75, 3.05) is 6.54 Å². The van der Waals surface area contributed by atoms with Crippen molar-refractivity contribution < 1.29 is 4.79 Å². The Hall–Kier alpha value is -1.35. The van der Waals surface area contributed by atoms with Gasteiger partial charge in [0.1, 0.15) is 0 Å². The zero-order valence-corrected chi connectivity index (χ0v) is 11.9. The van der Waals surface area contributed by atoms with Crippen LogP contribution in [-0.4, -0.2) is 18.5 Å². The number of nitrogens with two attached hydrogens (primary N) is 1. The zero-order chi connectivity index (χ0) is 13.9. The Bertz CT molecular complexity index is 454. The van der Waals surface area contributed by atoms with Gasteiger partial charge in [0, 0.05) is 11.6 Å². The average Bonchev–Trinajstić information content (AvgIpc) is 2.70. The monoisotopic (exact) mass is 260 g/mol. The second kappa shape index (κ2) is 5.74. The van der Waals surface area contributed by atoms with E-state index < -0.39 is 0 Å². The van der Waals surface area contributed by atoms with Crippen molar-refractivity contribution in [3.05, 3.63) is 35.4 Å². The summed E-state index contributed by atoms with van der Waals surface area (Å²) in [5.41, 5.74) is 7.63. The first kappa shape index (κ1) is 14.1. The third-order valence-electron chi connectivity index (χ3n) is 4.24. The van der Waals surface area contributed by atoms with Crippen LogP contribution in [0.2, 0.25) is 0 Å². The molecule has 0 heterocycles. The number of hydrogen-bond acceptors (Lipinski definition) is 2. The molecule has 1 fully saturated rings. The molecule has 0 bridgehead atoms. The molecule has 0 aliphatic heterocycles. The van der Waals surface area contributed by atoms with Crippen molar-refractivity contribution in [1.82, 2.24) is 5.32 Å². The van der Waals surface area contributed by atoms with Gasteiger partial charge in [-0.3, -0.25) is 4.79 Å². The lowest BCUT2D eigenvalue weighted by Gasteiger charge is -2.28. The number of carbonyl (C=O) groups is 1. The summed E-state index contributed by atoms with van der Waals surface area (Å²) < 4.78 is 0. The lowest BCUT2D eigenvalue weighted by atomic mass is 9.87. The molecule has 0 saturated heterocycles. The minimum atomic E-state index is 0.0454. The topological polar surface area (TPSA) is 55.1 Å². The summed E-state index contributed by atoms with van der Waals surface area (Å²) in [5.74, 6) is 0.0454. The molecule has 1 atom stereocenters. The Morgan fingerprint density at radius 2 is 2.16 bits per heavy atom. The van der Waals surface area contributed by atoms with Crippen LogP contribution < -0.4 is 11.1 Å². The Kier molecular flexibility index (Phi) is 4.25. The molecule has 1 amide bonds. The van der Waals surface area contributed by atoms with E-state index in [9.17, 15) is 4.79 Å². The SMILES string of the molecule is CC1(C)CCCC1NC(=O)c1ccccc1CCN. The highest BCUT2D eigenvalue weighted by Crippen LogP contribution is 2.37. The largest absolute Gasteiger partial charge is 0.349 e. The fourth-order valence-electron chi connectivity index (χ4n) is 2.95. The van der Waals surface area contributed by atoms with Crippen LogP contribution in [0.1, 0.15) is 49.0 Å². The van der Waals surface area contributed by atoms with E-state index in [2.05, 4.69) is 19.2 Å². The summed E-state index contributed by atoms with van der Waals surface area (Å²) in [6.07, 6.45) is 4.21. The van der Waals surface area contributed by atoms with Gasteiger partial charge < -0.3 is 11.1 Å². The van der Waals surface area contributed by atoms with Crippen LogP contribution in [0.5, 0.6) is 0 Å². The smallest absolute Gasteiger partial charge is 0.251 e. The van der Waals surface area contributed by atoms with Gasteiger partial charge in [-0.2, -0.15) is 0 Å². The average molecular weight is 260 g/mol. The van der Waals surface area contributed by atoms with E-state index in [-0.39, 0.29) is 17.4 Å². The van der Waals surface area contributed by atoms with Gasteiger partial charge in [-0.1, -0.05) is 38.5 Å². The molecule has 1 unspecified atom stereocenters. The second-order valence-electron chi connectivity index (χ2n) is 6.10. The third-order valence-corrected chi connectivity index (χ3v) is 4.24. The molecular formula is C16H24N2O. The van der Waals surface area contributed by atoms with Crippen molar-refractivity contribution >= 4 is 5.91 Å². The standard InChI is InChI=1S/C16H24N2O/c1-16(2)10-5-8-14(16)18-15(19)13-7-4-3-6-12(13)9-11-17/h3-4,6-7,14H,5,8-11,17H2,1-2H3,(H,18,19). The summed E-state index contributed by atoms with van der Waals surface area (Å²) >= 11 is 0. The van der Waals surface area contributed by atoms with Crippen molar-refractivity contribution in [1.29, 1.82) is 0 Å². The van der Waals surface area contributed by atoms with Gasteiger partial charge in [-0.15, -0.1) is 0 Å². The Balaban J connectivity index is 2.12. The van der Waals surface area contributed by atoms with E-state index in [4.69, 9.17) is 5.73 Å². The van der Waals surface area contributed by atoms with E-state index in [0.717, 1.165) is 24.0 Å². The molecule has 3 N–H and O–H groups in total. The maximum absolute atomic E-state index is 12.4. The molecule has 1 aromatic rings. The normalized spacial score (nSPS) is 21.3. The molecule has 1 aliphatic rings. The minimum Gasteiger partial charge on any atom is -0.349 e. The fourth-order valence-corrected chi connectivity index (χ4v) is 2.95. The Labute approximate surface area is 115 Å². The molecule has 0 spiro atoms. The predicted octanol–water partition coefficient (Wildman–Crippen LogP) is 2.50. The van der Waals surface area contributed by atoms with Gasteiger partial charge in [-0.05, 0) is 42.9 Å². The van der Waals surface area contributed by atoms with Crippen LogP contribution >= 0.6 is 0 Å². The van der Waals surface area contributed by atoms with Gasteiger partial charge in [-0.25, -0.2) is 0 Å². The van der Waals surface area contributed by atoms with Crippen LogP contribution in [-0.2, 0) is 6.42 Å². The summed E-state index contributed by atoms with van der Waals surface area (Å²) in [6, 6.07) is 8.03. The molecular weight excluding hydrogens is 236 g/mol. The predicted molar refractivity (Wildman–Crippen MR) is 78.1 cm³/mol. The summed E-state index contributed by atoms with van der Waals surface area (Å²) in [6.45, 7) is 5.03. The van der Waals surface area contributed by atoms with E-state index in [1.165, 1.54) is 12.8 Å². The molecule has 0 radical (unpaired) electrons. The lowest BCUT2D eigenvalue weighted by molar-refractivity contribution is 0.0909. The highest BCUT2D eigenvalue weighted by molar-refractivity contribution is 5.95. The quantitative estimate of drug-likeness (QED) is 0.874. The molecule has 1 saturated carbocycles. The zero-order valence-electron chi connectivity index (χ0n) is 11.9. The number of nitrogens with one attached hydrogen (secondary N) is 1. The molecule has 3 heteroatoms. The van der Waals surface area contributed by atoms with E-state index in [1.807, 2.05) is 24.3 Å². The number of carbonyl (C=O) groups excluding carboxylic acids is 1. The van der Waals surface area contributed by atoms with E-state index >= 15 is 0 Å². The summed E-state index contributed by atoms with van der Waals surface area (Å²) in [5, 5.41) is 3.20. The van der Waals surface area contributed by atoms with Crippen molar-refractivity contribution in [3.8, 4) is 0 Å². The minimum absolute atomic E-state index is 0.0454. The summed E-state index contributed by atoms with van der Waals surface area (Å²) in [7, 11) is 0. The van der Waals surface area contributed by atoms with Crippen molar-refractivity contribution in [2.24, 2.45) is 11.1 Å². The highest BCUT2D eigenvalue weighted by Gasteiger charge is 2.35. The molecule has 3 nitrogen and oxygen atoms in total. The molecule has 1 aliphatic carbocycles. The van der Waals surface area contributed by atoms with Crippen LogP contribution in [0.25, 0.3) is 0 Å². The number of rotatable bonds is 4. The van der Waals surface area contributed by atoms with Gasteiger partial charge in [0.05, 0.1) is 0 Å². The molecule has 104 valence electrons. The van der Waals surface area contributed by atoms with Gasteiger partial charge in [0.2, 0.25) is 0 Å². The maximum Gasteiger partial charge on any atom is 0.251 e. The number of amides is 1. The fraction of sp³-hybridized carbons (Fsp3) is 0.562. The maximum atomic E-state index is 12.4. The summed E-state index contributed by atoms with van der Waals surface area (Å²) in [4.78, 5) is 12.4. The van der Waals surface area contributed by atoms with Crippen LogP contribution in [0.15, 0.2) is 24.3 Å². The van der Waals surface area contributed by atoms with Crippen LogP contribution in [0.3, 0.4) is 0 Å². The number of hydrogen-bond donors (Lipinski definition) is 2. The first-order chi connectivity index (χ1) is 9.04.